The average molecular weight is 374 g/mol. The highest BCUT2D eigenvalue weighted by molar-refractivity contribution is 7.92. The second kappa shape index (κ2) is 5.44. The molecule has 2 aliphatic rings. The van der Waals surface area contributed by atoms with Gasteiger partial charge in [-0.2, -0.15) is 0 Å². The standard InChI is InChI=1S/C19H16ClNO3S/c1-13-4-7-15(8-5-13)25(23,24)21-12-19(10-2-3-18(19)22)16-11-14(20)6-9-17(16)21/h2-9,11H,10,12H2,1H3. The van der Waals surface area contributed by atoms with Crippen molar-refractivity contribution < 1.29 is 13.2 Å². The lowest BCUT2D eigenvalue weighted by molar-refractivity contribution is -0.118. The second-order valence-electron chi connectivity index (χ2n) is 6.54. The van der Waals surface area contributed by atoms with Gasteiger partial charge in [-0.3, -0.25) is 9.10 Å². The molecule has 1 aliphatic carbocycles. The quantitative estimate of drug-likeness (QED) is 0.807. The average Bonchev–Trinajstić information content (AvgIpc) is 3.11. The molecule has 1 spiro atoms. The second-order valence-corrected chi connectivity index (χ2v) is 8.84. The smallest absolute Gasteiger partial charge is 0.264 e. The fourth-order valence-corrected chi connectivity index (χ4v) is 5.30. The van der Waals surface area contributed by atoms with Crippen molar-refractivity contribution >= 4 is 33.1 Å². The Morgan fingerprint density at radius 2 is 1.84 bits per heavy atom. The Hall–Kier alpha value is -2.11. The fourth-order valence-electron chi connectivity index (χ4n) is 3.59. The van der Waals surface area contributed by atoms with Crippen molar-refractivity contribution in [2.45, 2.75) is 23.7 Å². The van der Waals surface area contributed by atoms with Gasteiger partial charge >= 0.3 is 0 Å². The number of aryl methyl sites for hydroxylation is 1. The molecule has 0 saturated carbocycles. The number of benzene rings is 2. The number of anilines is 1. The van der Waals surface area contributed by atoms with E-state index in [0.717, 1.165) is 5.56 Å². The van der Waals surface area contributed by atoms with Crippen molar-refractivity contribution in [3.63, 3.8) is 0 Å². The molecule has 0 amide bonds. The molecule has 4 nitrogen and oxygen atoms in total. The van der Waals surface area contributed by atoms with Gasteiger partial charge in [0.05, 0.1) is 22.5 Å². The number of halogens is 1. The molecule has 128 valence electrons. The zero-order valence-corrected chi connectivity index (χ0v) is 15.1. The van der Waals surface area contributed by atoms with E-state index in [1.54, 1.807) is 48.5 Å². The van der Waals surface area contributed by atoms with Crippen LogP contribution in [0.2, 0.25) is 5.02 Å². The first-order valence-corrected chi connectivity index (χ1v) is 9.77. The third-order valence-corrected chi connectivity index (χ3v) is 6.98. The van der Waals surface area contributed by atoms with Crippen molar-refractivity contribution in [3.05, 3.63) is 70.8 Å². The molecule has 0 radical (unpaired) electrons. The zero-order valence-electron chi connectivity index (χ0n) is 13.6. The number of ketones is 1. The van der Waals surface area contributed by atoms with Gasteiger partial charge in [0.1, 0.15) is 0 Å². The van der Waals surface area contributed by atoms with Gasteiger partial charge in [-0.1, -0.05) is 35.4 Å². The molecule has 6 heteroatoms. The van der Waals surface area contributed by atoms with E-state index in [-0.39, 0.29) is 17.2 Å². The normalized spacial score (nSPS) is 22.0. The van der Waals surface area contributed by atoms with E-state index in [9.17, 15) is 13.2 Å². The molecule has 0 aromatic heterocycles. The summed E-state index contributed by atoms with van der Waals surface area (Å²) in [6.07, 6.45) is 3.82. The maximum atomic E-state index is 13.2. The molecule has 4 rings (SSSR count). The predicted octanol–water partition coefficient (Wildman–Crippen LogP) is 3.62. The van der Waals surface area contributed by atoms with E-state index >= 15 is 0 Å². The number of sulfonamides is 1. The lowest BCUT2D eigenvalue weighted by Crippen LogP contribution is -2.39. The Morgan fingerprint density at radius 1 is 1.12 bits per heavy atom. The molecule has 2 aromatic rings. The first-order chi connectivity index (χ1) is 11.8. The maximum Gasteiger partial charge on any atom is 0.264 e. The fraction of sp³-hybridized carbons (Fsp3) is 0.211. The minimum atomic E-state index is -3.76. The third-order valence-electron chi connectivity index (χ3n) is 4.97. The number of allylic oxidation sites excluding steroid dienone is 2. The maximum absolute atomic E-state index is 13.2. The van der Waals surface area contributed by atoms with Gasteiger partial charge in [0.2, 0.25) is 0 Å². The molecule has 0 saturated heterocycles. The van der Waals surface area contributed by atoms with Gasteiger partial charge in [-0.25, -0.2) is 8.42 Å². The minimum absolute atomic E-state index is 0.0716. The highest BCUT2D eigenvalue weighted by Crippen LogP contribution is 2.49. The summed E-state index contributed by atoms with van der Waals surface area (Å²) in [5.74, 6) is -0.0716. The summed E-state index contributed by atoms with van der Waals surface area (Å²) in [5, 5.41) is 0.493. The van der Waals surface area contributed by atoms with Crippen LogP contribution in [-0.2, 0) is 20.2 Å². The number of carbonyl (C=O) groups excluding carboxylic acids is 1. The highest BCUT2D eigenvalue weighted by atomic mass is 35.5. The molecule has 0 bridgehead atoms. The molecule has 1 heterocycles. The van der Waals surface area contributed by atoms with Crippen molar-refractivity contribution in [3.8, 4) is 0 Å². The van der Waals surface area contributed by atoms with Gasteiger partial charge < -0.3 is 0 Å². The number of nitrogens with zero attached hydrogens (tertiary/aromatic N) is 1. The Balaban J connectivity index is 1.88. The van der Waals surface area contributed by atoms with Crippen LogP contribution in [0.25, 0.3) is 0 Å². The number of rotatable bonds is 2. The number of hydrogen-bond acceptors (Lipinski definition) is 3. The Kier molecular flexibility index (Phi) is 3.56. The molecule has 2 aromatic carbocycles. The SMILES string of the molecule is Cc1ccc(S(=O)(=O)N2CC3(CC=CC3=O)c3cc(Cl)ccc32)cc1. The Bertz CT molecular complexity index is 1010. The van der Waals surface area contributed by atoms with Gasteiger partial charge in [0.25, 0.3) is 10.0 Å². The van der Waals surface area contributed by atoms with E-state index < -0.39 is 15.4 Å². The van der Waals surface area contributed by atoms with Crippen LogP contribution in [0.3, 0.4) is 0 Å². The highest BCUT2D eigenvalue weighted by Gasteiger charge is 2.51. The molecular formula is C19H16ClNO3S. The molecular weight excluding hydrogens is 358 g/mol. The third kappa shape index (κ3) is 2.34. The van der Waals surface area contributed by atoms with E-state index in [1.807, 2.05) is 6.92 Å². The monoisotopic (exact) mass is 373 g/mol. The number of hydrogen-bond donors (Lipinski definition) is 0. The Labute approximate surface area is 151 Å². The molecule has 1 unspecified atom stereocenters. The van der Waals surface area contributed by atoms with Crippen molar-refractivity contribution in [2.75, 3.05) is 10.8 Å². The topological polar surface area (TPSA) is 54.5 Å². The predicted molar refractivity (Wildman–Crippen MR) is 97.6 cm³/mol. The van der Waals surface area contributed by atoms with E-state index in [0.29, 0.717) is 22.7 Å². The molecule has 25 heavy (non-hydrogen) atoms. The lowest BCUT2D eigenvalue weighted by Gasteiger charge is -2.24. The number of fused-ring (bicyclic) bond motifs is 2. The summed E-state index contributed by atoms with van der Waals surface area (Å²) in [5.41, 5.74) is 1.34. The van der Waals surface area contributed by atoms with Crippen LogP contribution in [0.15, 0.2) is 59.5 Å². The van der Waals surface area contributed by atoms with Crippen LogP contribution in [0.1, 0.15) is 17.5 Å². The number of carbonyl (C=O) groups is 1. The van der Waals surface area contributed by atoms with Gasteiger partial charge in [-0.15, -0.1) is 0 Å². The zero-order chi connectivity index (χ0) is 17.8. The first-order valence-electron chi connectivity index (χ1n) is 7.95. The van der Waals surface area contributed by atoms with Crippen LogP contribution in [0.5, 0.6) is 0 Å². The summed E-state index contributed by atoms with van der Waals surface area (Å²) in [6, 6.07) is 11.8. The van der Waals surface area contributed by atoms with E-state index in [2.05, 4.69) is 0 Å². The van der Waals surface area contributed by atoms with Crippen LogP contribution in [0, 0.1) is 6.92 Å². The molecule has 0 fully saturated rings. The van der Waals surface area contributed by atoms with Gasteiger partial charge in [0, 0.05) is 5.02 Å². The van der Waals surface area contributed by atoms with Crippen molar-refractivity contribution in [1.82, 2.24) is 0 Å². The van der Waals surface area contributed by atoms with E-state index in [1.165, 1.54) is 10.4 Å². The first kappa shape index (κ1) is 16.4. The lowest BCUT2D eigenvalue weighted by atomic mass is 9.79. The van der Waals surface area contributed by atoms with Crippen LogP contribution in [-0.4, -0.2) is 20.7 Å². The Morgan fingerprint density at radius 3 is 2.48 bits per heavy atom. The summed E-state index contributed by atoms with van der Waals surface area (Å²) >= 11 is 6.13. The van der Waals surface area contributed by atoms with Crippen molar-refractivity contribution in [1.29, 1.82) is 0 Å². The van der Waals surface area contributed by atoms with Crippen LogP contribution >= 0.6 is 11.6 Å². The summed E-state index contributed by atoms with van der Waals surface area (Å²) in [4.78, 5) is 12.8. The van der Waals surface area contributed by atoms with Crippen LogP contribution in [0.4, 0.5) is 5.69 Å². The minimum Gasteiger partial charge on any atom is -0.294 e. The van der Waals surface area contributed by atoms with Gasteiger partial charge in [-0.05, 0) is 55.3 Å². The molecule has 1 aliphatic heterocycles. The molecule has 0 N–H and O–H groups in total. The van der Waals surface area contributed by atoms with Crippen LogP contribution < -0.4 is 4.31 Å². The van der Waals surface area contributed by atoms with Gasteiger partial charge in [0.15, 0.2) is 5.78 Å². The summed E-state index contributed by atoms with van der Waals surface area (Å²) in [6.45, 7) is 2.01. The molecule has 1 atom stereocenters. The van der Waals surface area contributed by atoms with Crippen molar-refractivity contribution in [2.24, 2.45) is 0 Å². The summed E-state index contributed by atoms with van der Waals surface area (Å²) in [7, 11) is -3.76. The summed E-state index contributed by atoms with van der Waals surface area (Å²) < 4.78 is 27.7. The van der Waals surface area contributed by atoms with E-state index in [4.69, 9.17) is 11.6 Å². The largest absolute Gasteiger partial charge is 0.294 e.